The van der Waals surface area contributed by atoms with E-state index in [-0.39, 0.29) is 44.2 Å². The van der Waals surface area contributed by atoms with Gasteiger partial charge in [-0.1, -0.05) is 194 Å². The summed E-state index contributed by atoms with van der Waals surface area (Å²) in [5.74, 6) is -0.740. The van der Waals surface area contributed by atoms with Gasteiger partial charge in [0.05, 0.1) is 13.2 Å². The van der Waals surface area contributed by atoms with E-state index in [1.165, 1.54) is 154 Å². The van der Waals surface area contributed by atoms with Crippen LogP contribution in [0.15, 0.2) is 0 Å². The normalized spacial score (nSPS) is 11.4. The summed E-state index contributed by atoms with van der Waals surface area (Å²) in [6.07, 6.45) is 38.7. The highest BCUT2D eigenvalue weighted by atomic mass is 16.3. The molecule has 0 bridgehead atoms. The summed E-state index contributed by atoms with van der Waals surface area (Å²) in [7, 11) is 0. The van der Waals surface area contributed by atoms with Crippen molar-refractivity contribution in [3.8, 4) is 0 Å². The minimum atomic E-state index is -1.97. The zero-order chi connectivity index (χ0) is 34.4. The lowest BCUT2D eigenvalue weighted by molar-refractivity contribution is -0.150. The van der Waals surface area contributed by atoms with Gasteiger partial charge in [0.2, 0.25) is 0 Å². The maximum Gasteiger partial charge on any atom is 0.193 e. The number of nitrogens with two attached hydrogens (primary N) is 1. The van der Waals surface area contributed by atoms with E-state index in [1.54, 1.807) is 0 Å². The van der Waals surface area contributed by atoms with Crippen LogP contribution in [0.1, 0.15) is 219 Å². The van der Waals surface area contributed by atoms with Crippen LogP contribution in [-0.2, 0) is 9.59 Å². The third kappa shape index (κ3) is 31.8. The van der Waals surface area contributed by atoms with Crippen LogP contribution >= 0.6 is 0 Å². The van der Waals surface area contributed by atoms with Crippen LogP contribution in [0.5, 0.6) is 0 Å². The van der Waals surface area contributed by atoms with Crippen LogP contribution in [0.3, 0.4) is 0 Å². The first-order valence-electron chi connectivity index (χ1n) is 20.1. The van der Waals surface area contributed by atoms with Crippen molar-refractivity contribution in [3.05, 3.63) is 0 Å². The Kier molecular flexibility index (Phi) is 39.7. The van der Waals surface area contributed by atoms with Crippen LogP contribution < -0.4 is 5.73 Å². The molecule has 5 N–H and O–H groups in total. The molecule has 46 heavy (non-hydrogen) atoms. The van der Waals surface area contributed by atoms with E-state index in [0.717, 1.165) is 38.5 Å². The van der Waals surface area contributed by atoms with Crippen molar-refractivity contribution in [2.24, 2.45) is 5.73 Å². The maximum absolute atomic E-state index is 12.7. The number of carbonyl (C=O) groups is 2. The van der Waals surface area contributed by atoms with Gasteiger partial charge in [0.1, 0.15) is 0 Å². The lowest BCUT2D eigenvalue weighted by Crippen LogP contribution is -2.52. The van der Waals surface area contributed by atoms with Crippen molar-refractivity contribution in [1.29, 1.82) is 0 Å². The molecule has 0 saturated carbocycles. The standard InChI is InChI=1S/C38H75NO3.C2H6O2/c1-3-5-7-9-11-13-15-17-19-21-23-25-27-29-31-33-36(40)38(42,35-39)37(41)34-32-30-28-26-24-22-20-18-16-14-12-10-8-6-4-2;3-1-2-4/h42H,3-35,39H2,1-2H3;3-4H,1-2H2. The van der Waals surface area contributed by atoms with Crippen LogP contribution in [-0.4, -0.2) is 52.2 Å². The largest absolute Gasteiger partial charge is 0.394 e. The van der Waals surface area contributed by atoms with Gasteiger partial charge in [-0.05, 0) is 12.8 Å². The molecule has 0 fully saturated rings. The zero-order valence-corrected chi connectivity index (χ0v) is 31.0. The van der Waals surface area contributed by atoms with Gasteiger partial charge in [0, 0.05) is 19.4 Å². The van der Waals surface area contributed by atoms with Gasteiger partial charge < -0.3 is 21.1 Å². The molecule has 6 nitrogen and oxygen atoms in total. The molecule has 0 heterocycles. The van der Waals surface area contributed by atoms with E-state index >= 15 is 0 Å². The van der Waals surface area contributed by atoms with Crippen molar-refractivity contribution < 1.29 is 24.9 Å². The first-order valence-corrected chi connectivity index (χ1v) is 20.1. The monoisotopic (exact) mass is 656 g/mol. The molecule has 0 spiro atoms. The van der Waals surface area contributed by atoms with E-state index in [9.17, 15) is 14.7 Å². The predicted octanol–water partition coefficient (Wildman–Crippen LogP) is 10.3. The maximum atomic E-state index is 12.7. The highest BCUT2D eigenvalue weighted by molar-refractivity contribution is 6.10. The number of unbranched alkanes of at least 4 members (excludes halogenated alkanes) is 28. The molecular weight excluding hydrogens is 574 g/mol. The van der Waals surface area contributed by atoms with Crippen LogP contribution in [0.25, 0.3) is 0 Å². The number of aliphatic hydroxyl groups excluding tert-OH is 2. The predicted molar refractivity (Wildman–Crippen MR) is 197 cm³/mol. The lowest BCUT2D eigenvalue weighted by Gasteiger charge is -2.23. The summed E-state index contributed by atoms with van der Waals surface area (Å²) in [6.45, 7) is 4.00. The van der Waals surface area contributed by atoms with E-state index in [2.05, 4.69) is 13.8 Å². The minimum absolute atomic E-state index is 0.125. The SMILES string of the molecule is CCCCCCCCCCCCCCCCCC(=O)C(O)(CN)C(=O)CCCCCCCCCCCCCCCCC.OCCO. The van der Waals surface area contributed by atoms with E-state index in [1.807, 2.05) is 0 Å². The fraction of sp³-hybridized carbons (Fsp3) is 0.950. The molecule has 276 valence electrons. The summed E-state index contributed by atoms with van der Waals surface area (Å²) in [4.78, 5) is 25.4. The van der Waals surface area contributed by atoms with Crippen molar-refractivity contribution in [3.63, 3.8) is 0 Å². The molecule has 0 aromatic rings. The van der Waals surface area contributed by atoms with Gasteiger partial charge in [-0.15, -0.1) is 0 Å². The Labute approximate surface area is 286 Å². The van der Waals surface area contributed by atoms with Crippen LogP contribution in [0, 0.1) is 0 Å². The Hall–Kier alpha value is -0.820. The Bertz CT molecular complexity index is 579. The molecular formula is C40H81NO5. The van der Waals surface area contributed by atoms with Crippen molar-refractivity contribution in [1.82, 2.24) is 0 Å². The van der Waals surface area contributed by atoms with E-state index in [0.29, 0.717) is 0 Å². The van der Waals surface area contributed by atoms with Crippen LogP contribution in [0.4, 0.5) is 0 Å². The Morgan fingerprint density at radius 1 is 0.413 bits per heavy atom. The second-order valence-electron chi connectivity index (χ2n) is 13.8. The fourth-order valence-corrected chi connectivity index (χ4v) is 6.11. The molecule has 0 radical (unpaired) electrons. The molecule has 0 atom stereocenters. The summed E-state index contributed by atoms with van der Waals surface area (Å²) in [5, 5.41) is 26.0. The number of ketones is 2. The average molecular weight is 656 g/mol. The molecule has 0 amide bonds. The number of aliphatic hydroxyl groups is 3. The topological polar surface area (TPSA) is 121 Å². The van der Waals surface area contributed by atoms with E-state index in [4.69, 9.17) is 15.9 Å². The second-order valence-corrected chi connectivity index (χ2v) is 13.8. The van der Waals surface area contributed by atoms with Crippen molar-refractivity contribution >= 4 is 11.6 Å². The van der Waals surface area contributed by atoms with Gasteiger partial charge in [-0.2, -0.15) is 0 Å². The molecule has 0 unspecified atom stereocenters. The second kappa shape index (κ2) is 38.6. The molecule has 0 aliphatic rings. The van der Waals surface area contributed by atoms with Gasteiger partial charge in [0.25, 0.3) is 0 Å². The number of hydrogen-bond donors (Lipinski definition) is 4. The smallest absolute Gasteiger partial charge is 0.193 e. The Morgan fingerprint density at radius 3 is 0.783 bits per heavy atom. The van der Waals surface area contributed by atoms with E-state index < -0.39 is 5.60 Å². The highest BCUT2D eigenvalue weighted by Gasteiger charge is 2.40. The molecule has 0 saturated heterocycles. The molecule has 0 aromatic carbocycles. The summed E-state index contributed by atoms with van der Waals surface area (Å²) >= 11 is 0. The number of carbonyl (C=O) groups excluding carboxylic acids is 2. The fourth-order valence-electron chi connectivity index (χ4n) is 6.11. The zero-order valence-electron chi connectivity index (χ0n) is 31.0. The summed E-state index contributed by atoms with van der Waals surface area (Å²) in [5.41, 5.74) is 3.76. The minimum Gasteiger partial charge on any atom is -0.394 e. The van der Waals surface area contributed by atoms with Gasteiger partial charge in [-0.3, -0.25) is 9.59 Å². The Morgan fingerprint density at radius 2 is 0.609 bits per heavy atom. The molecule has 0 rings (SSSR count). The Balaban J connectivity index is 0. The van der Waals surface area contributed by atoms with Crippen molar-refractivity contribution in [2.75, 3.05) is 19.8 Å². The summed E-state index contributed by atoms with van der Waals surface area (Å²) < 4.78 is 0. The molecule has 0 aliphatic heterocycles. The quantitative estimate of drug-likeness (QED) is 0.0394. The molecule has 0 aromatic heterocycles. The van der Waals surface area contributed by atoms with Gasteiger partial charge in [0.15, 0.2) is 17.2 Å². The highest BCUT2D eigenvalue weighted by Crippen LogP contribution is 2.19. The van der Waals surface area contributed by atoms with Crippen LogP contribution in [0.2, 0.25) is 0 Å². The molecule has 0 aliphatic carbocycles. The van der Waals surface area contributed by atoms with Crippen molar-refractivity contribution in [2.45, 2.75) is 225 Å². The third-order valence-corrected chi connectivity index (χ3v) is 9.33. The number of rotatable bonds is 36. The first kappa shape index (κ1) is 47.3. The van der Waals surface area contributed by atoms with Gasteiger partial charge in [-0.25, -0.2) is 0 Å². The van der Waals surface area contributed by atoms with Gasteiger partial charge >= 0.3 is 0 Å². The first-order chi connectivity index (χ1) is 22.4. The molecule has 6 heteroatoms. The third-order valence-electron chi connectivity index (χ3n) is 9.33. The average Bonchev–Trinajstić information content (AvgIpc) is 3.07. The lowest BCUT2D eigenvalue weighted by atomic mass is 9.87. The number of hydrogen-bond acceptors (Lipinski definition) is 6. The number of Topliss-reactive ketones (excluding diaryl/α,β-unsaturated/α-hetero) is 2. The summed E-state index contributed by atoms with van der Waals surface area (Å²) in [6, 6.07) is 0.